The molecule has 0 aromatic heterocycles. The fourth-order valence-electron chi connectivity index (χ4n) is 3.75. The molecule has 1 N–H and O–H groups in total. The van der Waals surface area contributed by atoms with Gasteiger partial charge in [0.15, 0.2) is 0 Å². The van der Waals surface area contributed by atoms with Crippen LogP contribution in [0.1, 0.15) is 44.2 Å². The molecule has 1 unspecified atom stereocenters. The van der Waals surface area contributed by atoms with E-state index in [-0.39, 0.29) is 22.6 Å². The maximum Gasteiger partial charge on any atom is 0.266 e. The highest BCUT2D eigenvalue weighted by molar-refractivity contribution is 6.09. The van der Waals surface area contributed by atoms with Crippen molar-refractivity contribution in [3.8, 4) is 6.07 Å². The molecule has 2 aromatic rings. The Kier molecular flexibility index (Phi) is 5.43. The standard InChI is InChI=1S/C23H23F2N3O/c1-14-12-23(2,3)28(4)21-11-20(25)15(10-19(14)21)9-16(13-26)22(29)27-18-7-5-17(24)6-8-18/h5-11,14H,12H2,1-4H3,(H,27,29)/b16-9+. The van der Waals surface area contributed by atoms with E-state index in [9.17, 15) is 18.8 Å². The lowest BCUT2D eigenvalue weighted by Gasteiger charge is -2.45. The van der Waals surface area contributed by atoms with E-state index in [0.717, 1.165) is 17.7 Å². The van der Waals surface area contributed by atoms with Crippen molar-refractivity contribution >= 4 is 23.4 Å². The molecule has 4 nitrogen and oxygen atoms in total. The summed E-state index contributed by atoms with van der Waals surface area (Å²) in [4.78, 5) is 14.5. The second-order valence-corrected chi connectivity index (χ2v) is 8.04. The molecule has 0 saturated carbocycles. The molecule has 1 heterocycles. The number of rotatable bonds is 3. The molecule has 0 saturated heterocycles. The molecule has 0 aliphatic carbocycles. The minimum atomic E-state index is -0.678. The number of nitrogens with zero attached hydrogens (tertiary/aromatic N) is 2. The number of anilines is 2. The number of hydrogen-bond donors (Lipinski definition) is 1. The van der Waals surface area contributed by atoms with Crippen LogP contribution < -0.4 is 10.2 Å². The number of amides is 1. The van der Waals surface area contributed by atoms with Gasteiger partial charge in [-0.1, -0.05) is 6.92 Å². The molecule has 3 rings (SSSR count). The Hall–Kier alpha value is -3.20. The van der Waals surface area contributed by atoms with Gasteiger partial charge in [0.1, 0.15) is 23.3 Å². The van der Waals surface area contributed by atoms with Gasteiger partial charge < -0.3 is 10.2 Å². The van der Waals surface area contributed by atoms with Gasteiger partial charge in [0.2, 0.25) is 0 Å². The third kappa shape index (κ3) is 4.14. The number of halogens is 2. The number of fused-ring (bicyclic) bond motifs is 1. The number of carbonyl (C=O) groups is 1. The Morgan fingerprint density at radius 1 is 1.28 bits per heavy atom. The number of carbonyl (C=O) groups excluding carboxylic acids is 1. The van der Waals surface area contributed by atoms with Gasteiger partial charge in [-0.25, -0.2) is 8.78 Å². The van der Waals surface area contributed by atoms with Crippen LogP contribution in [0.5, 0.6) is 0 Å². The first-order valence-corrected chi connectivity index (χ1v) is 9.38. The van der Waals surface area contributed by atoms with Crippen molar-refractivity contribution in [3.63, 3.8) is 0 Å². The normalized spacial score (nSPS) is 18.0. The maximum atomic E-state index is 14.8. The van der Waals surface area contributed by atoms with Gasteiger partial charge in [0, 0.05) is 29.5 Å². The second-order valence-electron chi connectivity index (χ2n) is 8.04. The van der Waals surface area contributed by atoms with Gasteiger partial charge in [0.05, 0.1) is 0 Å². The average molecular weight is 395 g/mol. The summed E-state index contributed by atoms with van der Waals surface area (Å²) in [6, 6.07) is 10.2. The molecule has 29 heavy (non-hydrogen) atoms. The Morgan fingerprint density at radius 2 is 1.93 bits per heavy atom. The summed E-state index contributed by atoms with van der Waals surface area (Å²) in [5, 5.41) is 11.9. The lowest BCUT2D eigenvalue weighted by atomic mass is 9.80. The third-order valence-electron chi connectivity index (χ3n) is 5.52. The molecular weight excluding hydrogens is 372 g/mol. The minimum absolute atomic E-state index is 0.0942. The zero-order valence-corrected chi connectivity index (χ0v) is 16.9. The van der Waals surface area contributed by atoms with E-state index < -0.39 is 17.5 Å². The molecule has 6 heteroatoms. The molecule has 2 aromatic carbocycles. The van der Waals surface area contributed by atoms with Crippen LogP contribution in [-0.2, 0) is 4.79 Å². The first-order chi connectivity index (χ1) is 13.6. The number of nitriles is 1. The second kappa shape index (κ2) is 7.67. The Bertz CT molecular complexity index is 1020. The Balaban J connectivity index is 1.94. The van der Waals surface area contributed by atoms with Crippen LogP contribution in [0.25, 0.3) is 6.08 Å². The van der Waals surface area contributed by atoms with Crippen LogP contribution in [0.15, 0.2) is 42.0 Å². The van der Waals surface area contributed by atoms with Crippen molar-refractivity contribution in [2.75, 3.05) is 17.3 Å². The molecule has 1 aliphatic heterocycles. The van der Waals surface area contributed by atoms with Crippen LogP contribution >= 0.6 is 0 Å². The minimum Gasteiger partial charge on any atom is -0.369 e. The molecular formula is C23H23F2N3O. The Morgan fingerprint density at radius 3 is 2.55 bits per heavy atom. The lowest BCUT2D eigenvalue weighted by molar-refractivity contribution is -0.112. The number of hydrogen-bond acceptors (Lipinski definition) is 3. The van der Waals surface area contributed by atoms with Crippen LogP contribution in [0.3, 0.4) is 0 Å². The van der Waals surface area contributed by atoms with Gasteiger partial charge in [-0.2, -0.15) is 5.26 Å². The van der Waals surface area contributed by atoms with Crippen molar-refractivity contribution in [2.24, 2.45) is 0 Å². The monoisotopic (exact) mass is 395 g/mol. The summed E-state index contributed by atoms with van der Waals surface area (Å²) in [5.41, 5.74) is 2.01. The topological polar surface area (TPSA) is 56.1 Å². The van der Waals surface area contributed by atoms with Gasteiger partial charge in [-0.15, -0.1) is 0 Å². The average Bonchev–Trinajstić information content (AvgIpc) is 2.66. The van der Waals surface area contributed by atoms with Crippen LogP contribution in [-0.4, -0.2) is 18.5 Å². The highest BCUT2D eigenvalue weighted by Gasteiger charge is 2.34. The van der Waals surface area contributed by atoms with Gasteiger partial charge in [0.25, 0.3) is 5.91 Å². The van der Waals surface area contributed by atoms with E-state index >= 15 is 0 Å². The summed E-state index contributed by atoms with van der Waals surface area (Å²) in [7, 11) is 1.94. The predicted octanol–water partition coefficient (Wildman–Crippen LogP) is 5.23. The summed E-state index contributed by atoms with van der Waals surface area (Å²) in [6.45, 7) is 6.32. The summed E-state index contributed by atoms with van der Waals surface area (Å²) in [6.07, 6.45) is 2.16. The largest absolute Gasteiger partial charge is 0.369 e. The number of nitrogens with one attached hydrogen (secondary N) is 1. The summed E-state index contributed by atoms with van der Waals surface area (Å²) in [5.74, 6) is -1.40. The van der Waals surface area contributed by atoms with E-state index in [0.29, 0.717) is 5.69 Å². The van der Waals surface area contributed by atoms with E-state index in [1.54, 1.807) is 6.07 Å². The first kappa shape index (κ1) is 20.5. The van der Waals surface area contributed by atoms with Crippen LogP contribution in [0, 0.1) is 23.0 Å². The van der Waals surface area contributed by atoms with Crippen molar-refractivity contribution in [3.05, 3.63) is 64.7 Å². The zero-order chi connectivity index (χ0) is 21.3. The van der Waals surface area contributed by atoms with E-state index in [1.807, 2.05) is 13.1 Å². The maximum absolute atomic E-state index is 14.8. The summed E-state index contributed by atoms with van der Waals surface area (Å²) < 4.78 is 27.8. The molecule has 150 valence electrons. The highest BCUT2D eigenvalue weighted by atomic mass is 19.1. The van der Waals surface area contributed by atoms with E-state index in [4.69, 9.17) is 0 Å². The van der Waals surface area contributed by atoms with Crippen molar-refractivity contribution < 1.29 is 13.6 Å². The Labute approximate surface area is 169 Å². The summed E-state index contributed by atoms with van der Waals surface area (Å²) >= 11 is 0. The lowest BCUT2D eigenvalue weighted by Crippen LogP contribution is -2.45. The zero-order valence-electron chi connectivity index (χ0n) is 16.9. The van der Waals surface area contributed by atoms with Crippen LogP contribution in [0.4, 0.5) is 20.2 Å². The van der Waals surface area contributed by atoms with E-state index in [2.05, 4.69) is 31.0 Å². The smallest absolute Gasteiger partial charge is 0.266 e. The third-order valence-corrected chi connectivity index (χ3v) is 5.52. The van der Waals surface area contributed by atoms with Gasteiger partial charge in [-0.05, 0) is 74.2 Å². The van der Waals surface area contributed by atoms with Crippen molar-refractivity contribution in [1.29, 1.82) is 5.26 Å². The highest BCUT2D eigenvalue weighted by Crippen LogP contribution is 2.43. The molecule has 0 radical (unpaired) electrons. The molecule has 0 spiro atoms. The van der Waals surface area contributed by atoms with E-state index in [1.165, 1.54) is 36.4 Å². The van der Waals surface area contributed by atoms with Crippen molar-refractivity contribution in [1.82, 2.24) is 0 Å². The SMILES string of the molecule is CC1CC(C)(C)N(C)c2cc(F)c(/C=C(\C#N)C(=O)Nc3ccc(F)cc3)cc21. The predicted molar refractivity (Wildman–Crippen MR) is 111 cm³/mol. The molecule has 1 aliphatic rings. The molecule has 0 bridgehead atoms. The van der Waals surface area contributed by atoms with Crippen molar-refractivity contribution in [2.45, 2.75) is 38.6 Å². The quantitative estimate of drug-likeness (QED) is 0.572. The van der Waals surface area contributed by atoms with Gasteiger partial charge in [-0.3, -0.25) is 4.79 Å². The number of benzene rings is 2. The molecule has 0 fully saturated rings. The molecule has 1 amide bonds. The fourth-order valence-corrected chi connectivity index (χ4v) is 3.75. The van der Waals surface area contributed by atoms with Crippen LogP contribution in [0.2, 0.25) is 0 Å². The fraction of sp³-hybridized carbons (Fsp3) is 0.304. The van der Waals surface area contributed by atoms with Gasteiger partial charge >= 0.3 is 0 Å². The first-order valence-electron chi connectivity index (χ1n) is 9.38. The molecule has 1 atom stereocenters.